The average Bonchev–Trinajstić information content (AvgIpc) is 3.04. The normalized spacial score (nSPS) is 11.3. The van der Waals surface area contributed by atoms with Gasteiger partial charge in [-0.25, -0.2) is 4.98 Å². The van der Waals surface area contributed by atoms with Crippen LogP contribution >= 0.6 is 22.7 Å². The minimum Gasteiger partial charge on any atom is -0.310 e. The molecule has 110 valence electrons. The smallest absolute Gasteiger partial charge is 0.271 e. The van der Waals surface area contributed by atoms with E-state index in [0.29, 0.717) is 6.54 Å². The van der Waals surface area contributed by atoms with Gasteiger partial charge in [0, 0.05) is 24.5 Å². The molecule has 6 heteroatoms. The van der Waals surface area contributed by atoms with E-state index in [1.54, 1.807) is 22.2 Å². The number of hydrogen-bond donors (Lipinski definition) is 1. The van der Waals surface area contributed by atoms with Crippen molar-refractivity contribution in [2.75, 3.05) is 6.54 Å². The molecule has 0 saturated heterocycles. The number of aromatic nitrogens is 2. The average molecular weight is 319 g/mol. The summed E-state index contributed by atoms with van der Waals surface area (Å²) in [7, 11) is 0. The first kappa shape index (κ1) is 14.4. The van der Waals surface area contributed by atoms with Crippen molar-refractivity contribution in [2.24, 2.45) is 0 Å². The van der Waals surface area contributed by atoms with Crippen molar-refractivity contribution in [1.82, 2.24) is 14.9 Å². The highest BCUT2D eigenvalue weighted by Gasteiger charge is 2.08. The van der Waals surface area contributed by atoms with Crippen molar-refractivity contribution in [1.29, 1.82) is 0 Å². The summed E-state index contributed by atoms with van der Waals surface area (Å²) < 4.78 is 2.44. The Morgan fingerprint density at radius 1 is 1.29 bits per heavy atom. The number of aryl methyl sites for hydroxylation is 2. The van der Waals surface area contributed by atoms with Gasteiger partial charge in [0.15, 0.2) is 0 Å². The molecule has 0 spiro atoms. The monoisotopic (exact) mass is 319 g/mol. The van der Waals surface area contributed by atoms with Crippen molar-refractivity contribution >= 4 is 32.9 Å². The lowest BCUT2D eigenvalue weighted by Crippen LogP contribution is -2.26. The first-order valence-corrected chi connectivity index (χ1v) is 8.59. The molecule has 0 aromatic carbocycles. The Bertz CT molecular complexity index is 816. The fraction of sp³-hybridized carbons (Fsp3) is 0.333. The van der Waals surface area contributed by atoms with Crippen LogP contribution in [0.4, 0.5) is 0 Å². The van der Waals surface area contributed by atoms with Gasteiger partial charge in [0.05, 0.1) is 11.8 Å². The van der Waals surface area contributed by atoms with Gasteiger partial charge in [0.1, 0.15) is 4.70 Å². The molecular formula is C15H17N3OS2. The van der Waals surface area contributed by atoms with E-state index in [1.807, 2.05) is 12.3 Å². The summed E-state index contributed by atoms with van der Waals surface area (Å²) >= 11 is 3.24. The predicted molar refractivity (Wildman–Crippen MR) is 89.4 cm³/mol. The summed E-state index contributed by atoms with van der Waals surface area (Å²) in [5, 5.41) is 7.48. The molecule has 0 aliphatic carbocycles. The molecule has 21 heavy (non-hydrogen) atoms. The van der Waals surface area contributed by atoms with E-state index < -0.39 is 0 Å². The summed E-state index contributed by atoms with van der Waals surface area (Å²) in [6.45, 7) is 6.36. The molecule has 0 radical (unpaired) electrons. The fourth-order valence-corrected chi connectivity index (χ4v) is 4.03. The number of rotatable bonds is 5. The second kappa shape index (κ2) is 6.09. The number of nitrogens with zero attached hydrogens (tertiary/aromatic N) is 2. The second-order valence-electron chi connectivity index (χ2n) is 5.04. The summed E-state index contributed by atoms with van der Waals surface area (Å²) in [5.74, 6) is 0. The Morgan fingerprint density at radius 2 is 2.14 bits per heavy atom. The molecule has 0 saturated carbocycles. The topological polar surface area (TPSA) is 46.9 Å². The Morgan fingerprint density at radius 3 is 2.90 bits per heavy atom. The lowest BCUT2D eigenvalue weighted by Gasteiger charge is -2.07. The van der Waals surface area contributed by atoms with Crippen LogP contribution in [0.5, 0.6) is 0 Å². The molecule has 3 aromatic heterocycles. The Hall–Kier alpha value is -1.50. The Balaban J connectivity index is 1.64. The summed E-state index contributed by atoms with van der Waals surface area (Å²) in [6.07, 6.45) is 1.66. The van der Waals surface area contributed by atoms with Gasteiger partial charge < -0.3 is 5.32 Å². The van der Waals surface area contributed by atoms with Crippen molar-refractivity contribution in [3.8, 4) is 0 Å². The SMILES string of the molecule is Cc1ccsc1CNCCn1cnc2c(C)csc2c1=O. The molecule has 0 amide bonds. The summed E-state index contributed by atoms with van der Waals surface area (Å²) in [5.41, 5.74) is 3.29. The van der Waals surface area contributed by atoms with E-state index in [-0.39, 0.29) is 5.56 Å². The maximum absolute atomic E-state index is 12.3. The third kappa shape index (κ3) is 2.92. The van der Waals surface area contributed by atoms with Crippen LogP contribution in [-0.4, -0.2) is 16.1 Å². The van der Waals surface area contributed by atoms with E-state index >= 15 is 0 Å². The van der Waals surface area contributed by atoms with E-state index in [1.165, 1.54) is 21.8 Å². The number of hydrogen-bond acceptors (Lipinski definition) is 5. The molecular weight excluding hydrogens is 302 g/mol. The van der Waals surface area contributed by atoms with Crippen LogP contribution < -0.4 is 10.9 Å². The minimum atomic E-state index is 0.0622. The quantitative estimate of drug-likeness (QED) is 0.736. The molecule has 0 unspecified atom stereocenters. The molecule has 0 atom stereocenters. The van der Waals surface area contributed by atoms with Crippen LogP contribution in [0.15, 0.2) is 27.9 Å². The fourth-order valence-electron chi connectivity index (χ4n) is 2.21. The van der Waals surface area contributed by atoms with Crippen molar-refractivity contribution in [3.63, 3.8) is 0 Å². The summed E-state index contributed by atoms with van der Waals surface area (Å²) in [6, 6.07) is 2.13. The molecule has 3 heterocycles. The van der Waals surface area contributed by atoms with Gasteiger partial charge in [0.25, 0.3) is 5.56 Å². The first-order chi connectivity index (χ1) is 10.2. The van der Waals surface area contributed by atoms with E-state index in [9.17, 15) is 4.79 Å². The minimum absolute atomic E-state index is 0.0622. The molecule has 0 aliphatic rings. The Kier molecular flexibility index (Phi) is 4.19. The predicted octanol–water partition coefficient (Wildman–Crippen LogP) is 2.93. The molecule has 3 rings (SSSR count). The zero-order valence-electron chi connectivity index (χ0n) is 12.0. The third-order valence-corrected chi connectivity index (χ3v) is 5.60. The van der Waals surface area contributed by atoms with Gasteiger partial charge in [-0.3, -0.25) is 9.36 Å². The van der Waals surface area contributed by atoms with Gasteiger partial charge >= 0.3 is 0 Å². The lowest BCUT2D eigenvalue weighted by atomic mass is 10.3. The van der Waals surface area contributed by atoms with Crippen LogP contribution in [0.2, 0.25) is 0 Å². The van der Waals surface area contributed by atoms with Crippen LogP contribution in [0.25, 0.3) is 10.2 Å². The van der Waals surface area contributed by atoms with Crippen LogP contribution in [0.1, 0.15) is 16.0 Å². The number of fused-ring (bicyclic) bond motifs is 1. The molecule has 0 aliphatic heterocycles. The largest absolute Gasteiger partial charge is 0.310 e. The maximum atomic E-state index is 12.3. The van der Waals surface area contributed by atoms with Gasteiger partial charge in [-0.15, -0.1) is 22.7 Å². The van der Waals surface area contributed by atoms with E-state index in [4.69, 9.17) is 0 Å². The molecule has 4 nitrogen and oxygen atoms in total. The standard InChI is InChI=1S/C15H17N3OS2/c1-10-3-6-20-12(10)7-16-4-5-18-9-17-13-11(2)8-21-14(13)15(18)19/h3,6,8-9,16H,4-5,7H2,1-2H3. The second-order valence-corrected chi connectivity index (χ2v) is 6.92. The van der Waals surface area contributed by atoms with Crippen LogP contribution in [0.3, 0.4) is 0 Å². The molecule has 0 bridgehead atoms. The van der Waals surface area contributed by atoms with Crippen molar-refractivity contribution in [2.45, 2.75) is 26.9 Å². The highest BCUT2D eigenvalue weighted by atomic mass is 32.1. The molecule has 3 aromatic rings. The molecule has 1 N–H and O–H groups in total. The van der Waals surface area contributed by atoms with Gasteiger partial charge in [-0.2, -0.15) is 0 Å². The third-order valence-electron chi connectivity index (χ3n) is 3.51. The Labute approximate surface area is 131 Å². The van der Waals surface area contributed by atoms with Crippen molar-refractivity contribution in [3.05, 3.63) is 49.5 Å². The van der Waals surface area contributed by atoms with Crippen LogP contribution in [-0.2, 0) is 13.1 Å². The van der Waals surface area contributed by atoms with E-state index in [0.717, 1.165) is 28.9 Å². The van der Waals surface area contributed by atoms with E-state index in [2.05, 4.69) is 28.7 Å². The zero-order chi connectivity index (χ0) is 14.8. The summed E-state index contributed by atoms with van der Waals surface area (Å²) in [4.78, 5) is 18.1. The van der Waals surface area contributed by atoms with Gasteiger partial charge in [-0.05, 0) is 41.8 Å². The maximum Gasteiger partial charge on any atom is 0.271 e. The van der Waals surface area contributed by atoms with Gasteiger partial charge in [0.2, 0.25) is 0 Å². The zero-order valence-corrected chi connectivity index (χ0v) is 13.7. The lowest BCUT2D eigenvalue weighted by molar-refractivity contribution is 0.584. The molecule has 0 fully saturated rings. The highest BCUT2D eigenvalue weighted by molar-refractivity contribution is 7.17. The number of nitrogens with one attached hydrogen (secondary N) is 1. The van der Waals surface area contributed by atoms with Crippen molar-refractivity contribution < 1.29 is 0 Å². The van der Waals surface area contributed by atoms with Crippen LogP contribution in [0, 0.1) is 13.8 Å². The first-order valence-electron chi connectivity index (χ1n) is 6.83. The number of thiophene rings is 2. The highest BCUT2D eigenvalue weighted by Crippen LogP contribution is 2.19. The van der Waals surface area contributed by atoms with Gasteiger partial charge in [-0.1, -0.05) is 0 Å².